The standard InChI is InChI=1S/C23H15N3O4S/c1-12-9-10-17-22(24-12)26-23(30-17)31-11-18(27)25-16-8-4-7-15-19(16)21(29)14-6-3-2-5-13(14)20(15)28/h2-10H,11H2,1H3,(H,25,27). The second kappa shape index (κ2) is 7.48. The van der Waals surface area contributed by atoms with E-state index in [1.54, 1.807) is 48.5 Å². The lowest BCUT2D eigenvalue weighted by Gasteiger charge is -2.20. The molecule has 0 saturated carbocycles. The zero-order valence-electron chi connectivity index (χ0n) is 16.3. The van der Waals surface area contributed by atoms with Gasteiger partial charge in [0.1, 0.15) is 0 Å². The molecule has 0 saturated heterocycles. The Labute approximate surface area is 180 Å². The summed E-state index contributed by atoms with van der Waals surface area (Å²) in [5, 5.41) is 3.08. The highest BCUT2D eigenvalue weighted by Crippen LogP contribution is 2.32. The highest BCUT2D eigenvalue weighted by atomic mass is 32.2. The summed E-state index contributed by atoms with van der Waals surface area (Å²) in [6.45, 7) is 1.86. The number of oxazole rings is 1. The first kappa shape index (κ1) is 19.2. The quantitative estimate of drug-likeness (QED) is 0.430. The first-order chi connectivity index (χ1) is 15.0. The van der Waals surface area contributed by atoms with Crippen LogP contribution in [0, 0.1) is 6.92 Å². The Balaban J connectivity index is 1.36. The Morgan fingerprint density at radius 2 is 1.68 bits per heavy atom. The van der Waals surface area contributed by atoms with Crippen molar-refractivity contribution in [2.24, 2.45) is 0 Å². The van der Waals surface area contributed by atoms with E-state index in [0.717, 1.165) is 17.5 Å². The van der Waals surface area contributed by atoms with Crippen molar-refractivity contribution in [3.8, 4) is 0 Å². The van der Waals surface area contributed by atoms with Crippen LogP contribution in [0.3, 0.4) is 0 Å². The summed E-state index contributed by atoms with van der Waals surface area (Å²) in [6, 6.07) is 15.2. The number of hydrogen-bond donors (Lipinski definition) is 1. The number of rotatable bonds is 4. The summed E-state index contributed by atoms with van der Waals surface area (Å²) in [5.41, 5.74) is 3.39. The maximum atomic E-state index is 13.0. The number of ketones is 2. The molecule has 2 heterocycles. The second-order valence-electron chi connectivity index (χ2n) is 7.02. The number of hydrogen-bond acceptors (Lipinski definition) is 7. The van der Waals surface area contributed by atoms with E-state index in [-0.39, 0.29) is 34.4 Å². The van der Waals surface area contributed by atoms with Gasteiger partial charge in [0.05, 0.1) is 17.0 Å². The van der Waals surface area contributed by atoms with E-state index in [2.05, 4.69) is 15.3 Å². The molecule has 0 atom stereocenters. The smallest absolute Gasteiger partial charge is 0.258 e. The number of benzene rings is 2. The van der Waals surface area contributed by atoms with Gasteiger partial charge in [0.25, 0.3) is 5.22 Å². The first-order valence-electron chi connectivity index (χ1n) is 9.49. The molecule has 5 rings (SSSR count). The number of pyridine rings is 1. The Kier molecular flexibility index (Phi) is 4.63. The van der Waals surface area contributed by atoms with Crippen LogP contribution in [-0.4, -0.2) is 33.2 Å². The Morgan fingerprint density at radius 3 is 2.48 bits per heavy atom. The molecule has 1 aliphatic carbocycles. The molecule has 152 valence electrons. The van der Waals surface area contributed by atoms with Crippen molar-refractivity contribution in [1.82, 2.24) is 9.97 Å². The van der Waals surface area contributed by atoms with Gasteiger partial charge in [-0.15, -0.1) is 0 Å². The SMILES string of the molecule is Cc1ccc2oc(SCC(=O)Nc3cccc4c3C(=O)c3ccccc3C4=O)nc2n1. The van der Waals surface area contributed by atoms with Crippen LogP contribution in [0.15, 0.2) is 64.2 Å². The predicted molar refractivity (Wildman–Crippen MR) is 116 cm³/mol. The maximum Gasteiger partial charge on any atom is 0.258 e. The highest BCUT2D eigenvalue weighted by molar-refractivity contribution is 7.99. The number of aryl methyl sites for hydroxylation is 1. The van der Waals surface area contributed by atoms with Crippen LogP contribution in [0.25, 0.3) is 11.2 Å². The molecule has 2 aromatic heterocycles. The van der Waals surface area contributed by atoms with Crippen molar-refractivity contribution < 1.29 is 18.8 Å². The minimum Gasteiger partial charge on any atom is -0.430 e. The van der Waals surface area contributed by atoms with Gasteiger partial charge in [-0.1, -0.05) is 48.2 Å². The summed E-state index contributed by atoms with van der Waals surface area (Å²) >= 11 is 1.12. The molecule has 0 spiro atoms. The van der Waals surface area contributed by atoms with Crippen LogP contribution in [-0.2, 0) is 4.79 Å². The number of nitrogens with one attached hydrogen (secondary N) is 1. The minimum atomic E-state index is -0.344. The molecule has 0 bridgehead atoms. The van der Waals surface area contributed by atoms with E-state index in [0.29, 0.717) is 33.3 Å². The molecule has 0 radical (unpaired) electrons. The van der Waals surface area contributed by atoms with Crippen LogP contribution in [0.2, 0.25) is 0 Å². The molecule has 1 amide bonds. The highest BCUT2D eigenvalue weighted by Gasteiger charge is 2.31. The van der Waals surface area contributed by atoms with Crippen molar-refractivity contribution in [1.29, 1.82) is 0 Å². The molecule has 0 unspecified atom stereocenters. The number of fused-ring (bicyclic) bond motifs is 3. The van der Waals surface area contributed by atoms with Crippen LogP contribution in [0.1, 0.15) is 37.5 Å². The Morgan fingerprint density at radius 1 is 0.935 bits per heavy atom. The zero-order valence-corrected chi connectivity index (χ0v) is 17.2. The number of amides is 1. The molecule has 4 aromatic rings. The normalized spacial score (nSPS) is 12.5. The largest absolute Gasteiger partial charge is 0.430 e. The van der Waals surface area contributed by atoms with E-state index in [1.165, 1.54) is 0 Å². The van der Waals surface area contributed by atoms with Crippen molar-refractivity contribution in [2.45, 2.75) is 12.1 Å². The van der Waals surface area contributed by atoms with Gasteiger partial charge >= 0.3 is 0 Å². The number of carbonyl (C=O) groups excluding carboxylic acids is 3. The summed E-state index contributed by atoms with van der Waals surface area (Å²) in [7, 11) is 0. The van der Waals surface area contributed by atoms with Crippen molar-refractivity contribution in [3.05, 3.63) is 82.5 Å². The summed E-state index contributed by atoms with van der Waals surface area (Å²) < 4.78 is 5.59. The average molecular weight is 429 g/mol. The molecule has 31 heavy (non-hydrogen) atoms. The molecule has 7 nitrogen and oxygen atoms in total. The van der Waals surface area contributed by atoms with E-state index in [1.807, 2.05) is 13.0 Å². The lowest BCUT2D eigenvalue weighted by Crippen LogP contribution is -2.24. The Hall–Kier alpha value is -3.78. The summed E-state index contributed by atoms with van der Waals surface area (Å²) in [6.07, 6.45) is 0. The number of thioether (sulfide) groups is 1. The van der Waals surface area contributed by atoms with E-state index in [9.17, 15) is 14.4 Å². The first-order valence-corrected chi connectivity index (χ1v) is 10.5. The number of anilines is 1. The Bertz CT molecular complexity index is 1390. The fourth-order valence-corrected chi connectivity index (χ4v) is 4.14. The van der Waals surface area contributed by atoms with Gasteiger partial charge in [0.15, 0.2) is 22.8 Å². The van der Waals surface area contributed by atoms with E-state index in [4.69, 9.17) is 4.42 Å². The number of aromatic nitrogens is 2. The van der Waals surface area contributed by atoms with Gasteiger partial charge in [-0.2, -0.15) is 4.98 Å². The molecule has 1 aliphatic rings. The van der Waals surface area contributed by atoms with E-state index >= 15 is 0 Å². The lowest BCUT2D eigenvalue weighted by molar-refractivity contribution is -0.113. The molecule has 0 aliphatic heterocycles. The summed E-state index contributed by atoms with van der Waals surface area (Å²) in [4.78, 5) is 47.0. The monoisotopic (exact) mass is 429 g/mol. The van der Waals surface area contributed by atoms with Gasteiger partial charge < -0.3 is 9.73 Å². The fraction of sp³-hybridized carbons (Fsp3) is 0.0870. The molecule has 1 N–H and O–H groups in total. The van der Waals surface area contributed by atoms with E-state index < -0.39 is 0 Å². The van der Waals surface area contributed by atoms with Crippen molar-refractivity contribution >= 4 is 46.2 Å². The topological polar surface area (TPSA) is 102 Å². The van der Waals surface area contributed by atoms with Crippen molar-refractivity contribution in [3.63, 3.8) is 0 Å². The average Bonchev–Trinajstić information content (AvgIpc) is 3.18. The van der Waals surface area contributed by atoms with Crippen LogP contribution in [0.4, 0.5) is 5.69 Å². The van der Waals surface area contributed by atoms with Gasteiger partial charge in [0.2, 0.25) is 5.91 Å². The van der Waals surface area contributed by atoms with Crippen LogP contribution >= 0.6 is 11.8 Å². The number of nitrogens with zero attached hydrogens (tertiary/aromatic N) is 2. The third kappa shape index (κ3) is 3.40. The molecular weight excluding hydrogens is 414 g/mol. The maximum absolute atomic E-state index is 13.0. The van der Waals surface area contributed by atoms with Crippen LogP contribution in [0.5, 0.6) is 0 Å². The fourth-order valence-electron chi connectivity index (χ4n) is 3.52. The van der Waals surface area contributed by atoms with Gasteiger partial charge in [-0.25, -0.2) is 4.98 Å². The molecule has 0 fully saturated rings. The minimum absolute atomic E-state index is 0.0220. The second-order valence-corrected chi connectivity index (χ2v) is 7.95. The number of carbonyl (C=O) groups is 3. The van der Waals surface area contributed by atoms with Gasteiger partial charge in [0, 0.05) is 22.4 Å². The van der Waals surface area contributed by atoms with Gasteiger partial charge in [-0.05, 0) is 25.1 Å². The van der Waals surface area contributed by atoms with Crippen molar-refractivity contribution in [2.75, 3.05) is 11.1 Å². The lowest BCUT2D eigenvalue weighted by atomic mass is 9.83. The molecular formula is C23H15N3O4S. The van der Waals surface area contributed by atoms with Gasteiger partial charge in [-0.3, -0.25) is 14.4 Å². The third-order valence-corrected chi connectivity index (χ3v) is 5.75. The predicted octanol–water partition coefficient (Wildman–Crippen LogP) is 4.04. The zero-order chi connectivity index (χ0) is 21.5. The summed E-state index contributed by atoms with van der Waals surface area (Å²) in [5.74, 6) is -0.836. The third-order valence-electron chi connectivity index (χ3n) is 4.93. The van der Waals surface area contributed by atoms with Crippen LogP contribution < -0.4 is 5.32 Å². The molecule has 8 heteroatoms. The molecule has 2 aromatic carbocycles.